The predicted molar refractivity (Wildman–Crippen MR) is 82.8 cm³/mol. The van der Waals surface area contributed by atoms with Crippen molar-refractivity contribution in [2.24, 2.45) is 0 Å². The fourth-order valence-corrected chi connectivity index (χ4v) is 3.40. The number of halogens is 2. The quantitative estimate of drug-likeness (QED) is 0.901. The summed E-state index contributed by atoms with van der Waals surface area (Å²) in [4.78, 5) is 2.42. The first-order valence-corrected chi connectivity index (χ1v) is 7.73. The summed E-state index contributed by atoms with van der Waals surface area (Å²) in [5, 5.41) is 4.39. The van der Waals surface area contributed by atoms with Crippen LogP contribution in [0.5, 0.6) is 0 Å². The zero-order valence-corrected chi connectivity index (χ0v) is 13.3. The van der Waals surface area contributed by atoms with E-state index in [4.69, 9.17) is 11.6 Å². The van der Waals surface area contributed by atoms with E-state index in [1.807, 2.05) is 6.92 Å². The van der Waals surface area contributed by atoms with E-state index in [-0.39, 0.29) is 0 Å². The Kier molecular flexibility index (Phi) is 4.93. The highest BCUT2D eigenvalue weighted by Crippen LogP contribution is 2.33. The number of aryl methyl sites for hydroxylation is 1. The molecule has 0 aliphatic carbocycles. The Labute approximate surface area is 123 Å². The van der Waals surface area contributed by atoms with E-state index in [0.717, 1.165) is 34.7 Å². The topological polar surface area (TPSA) is 15.3 Å². The standard InChI is InChI=1S/C14H20BrClN2/c1-3-17-11-5-4-6-18(9-11)14-8-13(16)10(2)7-12(14)15/h7-8,11,17H,3-6,9H2,1-2H3. The van der Waals surface area contributed by atoms with E-state index in [1.165, 1.54) is 18.5 Å². The largest absolute Gasteiger partial charge is 0.369 e. The van der Waals surface area contributed by atoms with Crippen LogP contribution in [0.15, 0.2) is 16.6 Å². The van der Waals surface area contributed by atoms with Crippen LogP contribution in [-0.4, -0.2) is 25.7 Å². The Balaban J connectivity index is 2.18. The molecule has 2 rings (SSSR count). The number of piperidine rings is 1. The molecule has 1 atom stereocenters. The molecule has 1 saturated heterocycles. The summed E-state index contributed by atoms with van der Waals surface area (Å²) in [6.07, 6.45) is 2.50. The zero-order chi connectivity index (χ0) is 13.1. The van der Waals surface area contributed by atoms with Crippen LogP contribution in [-0.2, 0) is 0 Å². The van der Waals surface area contributed by atoms with Gasteiger partial charge in [0.2, 0.25) is 0 Å². The van der Waals surface area contributed by atoms with Gasteiger partial charge in [-0.15, -0.1) is 0 Å². The van der Waals surface area contributed by atoms with Crippen LogP contribution < -0.4 is 10.2 Å². The van der Waals surface area contributed by atoms with Crippen molar-refractivity contribution in [2.75, 3.05) is 24.5 Å². The molecule has 2 nitrogen and oxygen atoms in total. The van der Waals surface area contributed by atoms with E-state index in [9.17, 15) is 0 Å². The van der Waals surface area contributed by atoms with Crippen LogP contribution in [0.4, 0.5) is 5.69 Å². The molecule has 0 amide bonds. The van der Waals surface area contributed by atoms with E-state index in [0.29, 0.717) is 6.04 Å². The lowest BCUT2D eigenvalue weighted by molar-refractivity contribution is 0.431. The molecular weight excluding hydrogens is 312 g/mol. The van der Waals surface area contributed by atoms with Crippen LogP contribution >= 0.6 is 27.5 Å². The maximum atomic E-state index is 6.24. The first-order valence-electron chi connectivity index (χ1n) is 6.55. The van der Waals surface area contributed by atoms with Gasteiger partial charge in [0.05, 0.1) is 5.69 Å². The van der Waals surface area contributed by atoms with Gasteiger partial charge in [0.1, 0.15) is 0 Å². The highest BCUT2D eigenvalue weighted by molar-refractivity contribution is 9.10. The molecule has 0 spiro atoms. The fraction of sp³-hybridized carbons (Fsp3) is 0.571. The average molecular weight is 332 g/mol. The second-order valence-electron chi connectivity index (χ2n) is 4.90. The number of rotatable bonds is 3. The summed E-state index contributed by atoms with van der Waals surface area (Å²) in [6.45, 7) is 7.41. The van der Waals surface area contributed by atoms with Crippen molar-refractivity contribution in [2.45, 2.75) is 32.7 Å². The Morgan fingerprint density at radius 1 is 1.50 bits per heavy atom. The minimum absolute atomic E-state index is 0.593. The lowest BCUT2D eigenvalue weighted by Gasteiger charge is -2.35. The third-order valence-corrected chi connectivity index (χ3v) is 4.53. The third kappa shape index (κ3) is 3.19. The number of hydrogen-bond acceptors (Lipinski definition) is 2. The number of anilines is 1. The van der Waals surface area contributed by atoms with Gasteiger partial charge in [0.15, 0.2) is 0 Å². The van der Waals surface area contributed by atoms with Gasteiger partial charge < -0.3 is 10.2 Å². The van der Waals surface area contributed by atoms with Crippen LogP contribution in [0.2, 0.25) is 5.02 Å². The summed E-state index contributed by atoms with van der Waals surface area (Å²) in [5.41, 5.74) is 2.33. The van der Waals surface area contributed by atoms with Gasteiger partial charge in [-0.25, -0.2) is 0 Å². The first kappa shape index (κ1) is 14.2. The summed E-state index contributed by atoms with van der Waals surface area (Å²) in [7, 11) is 0. The molecule has 1 aliphatic heterocycles. The van der Waals surface area contributed by atoms with Gasteiger partial charge in [-0.3, -0.25) is 0 Å². The molecule has 1 unspecified atom stereocenters. The first-order chi connectivity index (χ1) is 8.61. The predicted octanol–water partition coefficient (Wildman–Crippen LogP) is 3.99. The molecule has 1 heterocycles. The van der Waals surface area contributed by atoms with Gasteiger partial charge in [0.25, 0.3) is 0 Å². The van der Waals surface area contributed by atoms with E-state index in [1.54, 1.807) is 0 Å². The molecule has 1 aromatic carbocycles. The molecule has 1 aromatic rings. The van der Waals surface area contributed by atoms with Crippen LogP contribution in [0.25, 0.3) is 0 Å². The van der Waals surface area contributed by atoms with Gasteiger partial charge >= 0.3 is 0 Å². The Morgan fingerprint density at radius 3 is 3.00 bits per heavy atom. The smallest absolute Gasteiger partial charge is 0.0526 e. The maximum Gasteiger partial charge on any atom is 0.0526 e. The van der Waals surface area contributed by atoms with Crippen molar-refractivity contribution in [3.8, 4) is 0 Å². The van der Waals surface area contributed by atoms with Gasteiger partial charge in [0, 0.05) is 28.6 Å². The zero-order valence-electron chi connectivity index (χ0n) is 11.0. The normalized spacial score (nSPS) is 20.2. The number of nitrogens with zero attached hydrogens (tertiary/aromatic N) is 1. The molecule has 1 aliphatic rings. The summed E-state index contributed by atoms with van der Waals surface area (Å²) >= 11 is 9.89. The molecule has 18 heavy (non-hydrogen) atoms. The van der Waals surface area contributed by atoms with Crippen molar-refractivity contribution < 1.29 is 0 Å². The average Bonchev–Trinajstić information content (AvgIpc) is 2.34. The fourth-order valence-electron chi connectivity index (χ4n) is 2.53. The van der Waals surface area contributed by atoms with E-state index < -0.39 is 0 Å². The summed E-state index contributed by atoms with van der Waals surface area (Å²) in [6, 6.07) is 4.78. The molecular formula is C14H20BrClN2. The number of likely N-dealkylation sites (N-methyl/N-ethyl adjacent to an activating group) is 1. The van der Waals surface area contributed by atoms with Gasteiger partial charge in [-0.1, -0.05) is 18.5 Å². The molecule has 1 N–H and O–H groups in total. The van der Waals surface area contributed by atoms with Crippen molar-refractivity contribution >= 4 is 33.2 Å². The molecule has 0 saturated carbocycles. The second-order valence-corrected chi connectivity index (χ2v) is 6.16. The van der Waals surface area contributed by atoms with E-state index >= 15 is 0 Å². The monoisotopic (exact) mass is 330 g/mol. The minimum Gasteiger partial charge on any atom is -0.369 e. The minimum atomic E-state index is 0.593. The Bertz CT molecular complexity index is 421. The lowest BCUT2D eigenvalue weighted by atomic mass is 10.0. The number of hydrogen-bond donors (Lipinski definition) is 1. The van der Waals surface area contributed by atoms with Crippen LogP contribution in [0, 0.1) is 6.92 Å². The van der Waals surface area contributed by atoms with Crippen LogP contribution in [0.1, 0.15) is 25.3 Å². The molecule has 1 fully saturated rings. The third-order valence-electron chi connectivity index (χ3n) is 3.48. The molecule has 4 heteroatoms. The molecule has 0 bridgehead atoms. The van der Waals surface area contributed by atoms with E-state index in [2.05, 4.69) is 45.2 Å². The second kappa shape index (κ2) is 6.27. The summed E-state index contributed by atoms with van der Waals surface area (Å²) < 4.78 is 1.14. The van der Waals surface area contributed by atoms with Gasteiger partial charge in [-0.05, 0) is 59.9 Å². The maximum absolute atomic E-state index is 6.24. The molecule has 100 valence electrons. The number of nitrogens with one attached hydrogen (secondary N) is 1. The van der Waals surface area contributed by atoms with Crippen molar-refractivity contribution in [1.29, 1.82) is 0 Å². The van der Waals surface area contributed by atoms with Crippen molar-refractivity contribution in [3.63, 3.8) is 0 Å². The molecule has 0 aromatic heterocycles. The van der Waals surface area contributed by atoms with Crippen LogP contribution in [0.3, 0.4) is 0 Å². The highest BCUT2D eigenvalue weighted by Gasteiger charge is 2.21. The SMILES string of the molecule is CCNC1CCCN(c2cc(Cl)c(C)cc2Br)C1. The van der Waals surface area contributed by atoms with Crippen molar-refractivity contribution in [3.05, 3.63) is 27.2 Å². The Morgan fingerprint density at radius 2 is 2.28 bits per heavy atom. The van der Waals surface area contributed by atoms with Crippen molar-refractivity contribution in [1.82, 2.24) is 5.32 Å². The highest BCUT2D eigenvalue weighted by atomic mass is 79.9. The summed E-state index contributed by atoms with van der Waals surface area (Å²) in [5.74, 6) is 0. The van der Waals surface area contributed by atoms with Gasteiger partial charge in [-0.2, -0.15) is 0 Å². The lowest BCUT2D eigenvalue weighted by Crippen LogP contribution is -2.45. The molecule has 0 radical (unpaired) electrons. The number of benzene rings is 1. The Hall–Kier alpha value is -0.250.